The standard InChI is InChI=1S/C15H15BrN2O3/c1-2-18-8-11(16)6-12(18)15(19)17-7-10-4-3-5-13-14(10)21-9-20-13/h3-6,8H,2,7,9H2,1H3,(H,17,19). The molecular formula is C15H15BrN2O3. The molecular weight excluding hydrogens is 336 g/mol. The van der Waals surface area contributed by atoms with E-state index in [0.29, 0.717) is 18.0 Å². The van der Waals surface area contributed by atoms with E-state index < -0.39 is 0 Å². The fourth-order valence-corrected chi connectivity index (χ4v) is 2.79. The van der Waals surface area contributed by atoms with Crippen LogP contribution in [0.25, 0.3) is 0 Å². The van der Waals surface area contributed by atoms with Crippen LogP contribution in [0.5, 0.6) is 11.5 Å². The van der Waals surface area contributed by atoms with Crippen molar-refractivity contribution in [1.29, 1.82) is 0 Å². The molecule has 2 heterocycles. The lowest BCUT2D eigenvalue weighted by atomic mass is 10.2. The summed E-state index contributed by atoms with van der Waals surface area (Å²) >= 11 is 3.39. The molecule has 0 unspecified atom stereocenters. The minimum atomic E-state index is -0.112. The average Bonchev–Trinajstić information content (AvgIpc) is 3.10. The Hall–Kier alpha value is -1.95. The smallest absolute Gasteiger partial charge is 0.268 e. The topological polar surface area (TPSA) is 52.5 Å². The Bertz CT molecular complexity index is 682. The number of benzene rings is 1. The van der Waals surface area contributed by atoms with E-state index in [2.05, 4.69) is 21.2 Å². The molecule has 21 heavy (non-hydrogen) atoms. The lowest BCUT2D eigenvalue weighted by Crippen LogP contribution is -2.25. The van der Waals surface area contributed by atoms with Crippen LogP contribution in [0.4, 0.5) is 0 Å². The fourth-order valence-electron chi connectivity index (χ4n) is 2.32. The summed E-state index contributed by atoms with van der Waals surface area (Å²) in [4.78, 5) is 12.3. The van der Waals surface area contributed by atoms with Crippen molar-refractivity contribution in [2.24, 2.45) is 0 Å². The zero-order valence-corrected chi connectivity index (χ0v) is 13.1. The van der Waals surface area contributed by atoms with Crippen LogP contribution in [0.3, 0.4) is 0 Å². The minimum Gasteiger partial charge on any atom is -0.454 e. The zero-order chi connectivity index (χ0) is 14.8. The van der Waals surface area contributed by atoms with Crippen LogP contribution in [0.2, 0.25) is 0 Å². The van der Waals surface area contributed by atoms with Crippen LogP contribution in [-0.4, -0.2) is 17.3 Å². The van der Waals surface area contributed by atoms with E-state index in [9.17, 15) is 4.79 Å². The van der Waals surface area contributed by atoms with E-state index >= 15 is 0 Å². The van der Waals surface area contributed by atoms with Gasteiger partial charge in [0.15, 0.2) is 11.5 Å². The molecule has 3 rings (SSSR count). The zero-order valence-electron chi connectivity index (χ0n) is 11.6. The summed E-state index contributed by atoms with van der Waals surface area (Å²) in [7, 11) is 0. The first-order valence-electron chi connectivity index (χ1n) is 6.70. The quantitative estimate of drug-likeness (QED) is 0.922. The van der Waals surface area contributed by atoms with E-state index in [1.807, 2.05) is 42.0 Å². The van der Waals surface area contributed by atoms with E-state index in [0.717, 1.165) is 22.3 Å². The summed E-state index contributed by atoms with van der Waals surface area (Å²) in [5.41, 5.74) is 1.54. The molecule has 0 bridgehead atoms. The minimum absolute atomic E-state index is 0.112. The summed E-state index contributed by atoms with van der Waals surface area (Å²) in [6, 6.07) is 7.48. The largest absolute Gasteiger partial charge is 0.454 e. The highest BCUT2D eigenvalue weighted by atomic mass is 79.9. The van der Waals surface area contributed by atoms with Gasteiger partial charge >= 0.3 is 0 Å². The molecule has 1 aliphatic rings. The fraction of sp³-hybridized carbons (Fsp3) is 0.267. The molecule has 1 N–H and O–H groups in total. The van der Waals surface area contributed by atoms with Gasteiger partial charge in [-0.2, -0.15) is 0 Å². The number of hydrogen-bond donors (Lipinski definition) is 1. The Balaban J connectivity index is 1.73. The van der Waals surface area contributed by atoms with Crippen LogP contribution in [-0.2, 0) is 13.1 Å². The molecule has 0 spiro atoms. The van der Waals surface area contributed by atoms with Crippen molar-refractivity contribution in [3.8, 4) is 11.5 Å². The molecule has 5 nitrogen and oxygen atoms in total. The van der Waals surface area contributed by atoms with Gasteiger partial charge < -0.3 is 19.4 Å². The predicted octanol–water partition coefficient (Wildman–Crippen LogP) is 2.93. The van der Waals surface area contributed by atoms with E-state index in [1.165, 1.54) is 0 Å². The van der Waals surface area contributed by atoms with E-state index in [-0.39, 0.29) is 12.7 Å². The molecule has 2 aromatic rings. The predicted molar refractivity (Wildman–Crippen MR) is 81.5 cm³/mol. The monoisotopic (exact) mass is 350 g/mol. The number of carbonyl (C=O) groups is 1. The molecule has 0 atom stereocenters. The Kier molecular flexibility index (Phi) is 3.88. The van der Waals surface area contributed by atoms with Crippen LogP contribution in [0.15, 0.2) is 34.9 Å². The molecule has 1 aromatic carbocycles. The van der Waals surface area contributed by atoms with Crippen LogP contribution in [0.1, 0.15) is 23.0 Å². The van der Waals surface area contributed by atoms with Gasteiger partial charge in [-0.25, -0.2) is 0 Å². The summed E-state index contributed by atoms with van der Waals surface area (Å²) in [5, 5.41) is 2.92. The second-order valence-electron chi connectivity index (χ2n) is 4.66. The first kappa shape index (κ1) is 14.0. The van der Waals surface area contributed by atoms with Gasteiger partial charge in [0, 0.05) is 29.3 Å². The normalized spacial score (nSPS) is 12.5. The lowest BCUT2D eigenvalue weighted by Gasteiger charge is -2.09. The van der Waals surface area contributed by atoms with Crippen LogP contribution in [0, 0.1) is 0 Å². The maximum Gasteiger partial charge on any atom is 0.268 e. The van der Waals surface area contributed by atoms with Gasteiger partial charge in [0.2, 0.25) is 6.79 Å². The van der Waals surface area contributed by atoms with Gasteiger partial charge in [-0.3, -0.25) is 4.79 Å². The van der Waals surface area contributed by atoms with Gasteiger partial charge in [0.25, 0.3) is 5.91 Å². The van der Waals surface area contributed by atoms with Crippen molar-refractivity contribution in [2.75, 3.05) is 6.79 Å². The Morgan fingerprint density at radius 3 is 3.10 bits per heavy atom. The molecule has 0 saturated heterocycles. The first-order valence-corrected chi connectivity index (χ1v) is 7.49. The summed E-state index contributed by atoms with van der Waals surface area (Å²) in [6.07, 6.45) is 1.89. The van der Waals surface area contributed by atoms with Crippen molar-refractivity contribution in [2.45, 2.75) is 20.0 Å². The highest BCUT2D eigenvalue weighted by Crippen LogP contribution is 2.35. The maximum absolute atomic E-state index is 12.3. The Morgan fingerprint density at radius 2 is 2.29 bits per heavy atom. The first-order chi connectivity index (χ1) is 10.2. The number of carbonyl (C=O) groups excluding carboxylic acids is 1. The number of ether oxygens (including phenoxy) is 2. The van der Waals surface area contributed by atoms with E-state index in [4.69, 9.17) is 9.47 Å². The molecule has 0 fully saturated rings. The molecule has 110 valence electrons. The van der Waals surface area contributed by atoms with Crippen molar-refractivity contribution in [3.63, 3.8) is 0 Å². The van der Waals surface area contributed by atoms with Crippen LogP contribution >= 0.6 is 15.9 Å². The highest BCUT2D eigenvalue weighted by Gasteiger charge is 2.18. The van der Waals surface area contributed by atoms with Crippen molar-refractivity contribution >= 4 is 21.8 Å². The molecule has 0 radical (unpaired) electrons. The number of nitrogens with one attached hydrogen (secondary N) is 1. The van der Waals surface area contributed by atoms with Gasteiger partial charge in [-0.05, 0) is 35.0 Å². The number of aromatic nitrogens is 1. The molecule has 1 aliphatic heterocycles. The number of halogens is 1. The molecule has 1 amide bonds. The highest BCUT2D eigenvalue weighted by molar-refractivity contribution is 9.10. The SMILES string of the molecule is CCn1cc(Br)cc1C(=O)NCc1cccc2c1OCO2. The number of hydrogen-bond acceptors (Lipinski definition) is 3. The molecule has 0 saturated carbocycles. The third-order valence-corrected chi connectivity index (χ3v) is 3.79. The lowest BCUT2D eigenvalue weighted by molar-refractivity contribution is 0.0941. The van der Waals surface area contributed by atoms with Crippen molar-refractivity contribution in [1.82, 2.24) is 9.88 Å². The number of aryl methyl sites for hydroxylation is 1. The molecule has 0 aliphatic carbocycles. The second-order valence-corrected chi connectivity index (χ2v) is 5.58. The van der Waals surface area contributed by atoms with Gasteiger partial charge in [-0.15, -0.1) is 0 Å². The van der Waals surface area contributed by atoms with Gasteiger partial charge in [0.05, 0.1) is 0 Å². The molecule has 1 aromatic heterocycles. The van der Waals surface area contributed by atoms with Gasteiger partial charge in [-0.1, -0.05) is 12.1 Å². The number of rotatable bonds is 4. The Morgan fingerprint density at radius 1 is 1.43 bits per heavy atom. The third kappa shape index (κ3) is 2.76. The summed E-state index contributed by atoms with van der Waals surface area (Å²) < 4.78 is 13.5. The molecule has 6 heteroatoms. The number of nitrogens with zero attached hydrogens (tertiary/aromatic N) is 1. The van der Waals surface area contributed by atoms with Crippen LogP contribution < -0.4 is 14.8 Å². The summed E-state index contributed by atoms with van der Waals surface area (Å²) in [5.74, 6) is 1.32. The Labute approximate surface area is 131 Å². The second kappa shape index (κ2) is 5.81. The van der Waals surface area contributed by atoms with Crippen molar-refractivity contribution in [3.05, 3.63) is 46.2 Å². The summed E-state index contributed by atoms with van der Waals surface area (Å²) in [6.45, 7) is 3.37. The number of amides is 1. The maximum atomic E-state index is 12.3. The third-order valence-electron chi connectivity index (χ3n) is 3.35. The number of para-hydroxylation sites is 1. The number of fused-ring (bicyclic) bond motifs is 1. The van der Waals surface area contributed by atoms with Crippen molar-refractivity contribution < 1.29 is 14.3 Å². The van der Waals surface area contributed by atoms with E-state index in [1.54, 1.807) is 0 Å². The average molecular weight is 351 g/mol. The van der Waals surface area contributed by atoms with Gasteiger partial charge in [0.1, 0.15) is 5.69 Å².